The van der Waals surface area contributed by atoms with E-state index in [9.17, 15) is 4.79 Å². The number of nitrogen functional groups attached to an aromatic ring is 1. The number of anilines is 1. The summed E-state index contributed by atoms with van der Waals surface area (Å²) in [5.74, 6) is -0.137. The lowest BCUT2D eigenvalue weighted by Crippen LogP contribution is -2.41. The average Bonchev–Trinajstić information content (AvgIpc) is 2.93. The number of nitrogens with two attached hydrogens (primary N) is 1. The number of carbonyl (C=O) groups excluding carboxylic acids is 1. The van der Waals surface area contributed by atoms with E-state index in [-0.39, 0.29) is 18.1 Å². The van der Waals surface area contributed by atoms with E-state index < -0.39 is 0 Å². The van der Waals surface area contributed by atoms with Crippen molar-refractivity contribution in [1.29, 1.82) is 0 Å². The van der Waals surface area contributed by atoms with E-state index in [2.05, 4.69) is 5.10 Å². The second-order valence-corrected chi connectivity index (χ2v) is 4.64. The lowest BCUT2D eigenvalue weighted by molar-refractivity contribution is 0.0570. The first-order valence-electron chi connectivity index (χ1n) is 6.26. The van der Waals surface area contributed by atoms with E-state index in [1.54, 1.807) is 22.8 Å². The van der Waals surface area contributed by atoms with Crippen molar-refractivity contribution < 1.29 is 9.53 Å². The molecule has 1 fully saturated rings. The van der Waals surface area contributed by atoms with Crippen LogP contribution in [0.25, 0.3) is 0 Å². The summed E-state index contributed by atoms with van der Waals surface area (Å²) in [6.45, 7) is 5.33. The first-order valence-corrected chi connectivity index (χ1v) is 6.26. The molecule has 1 saturated heterocycles. The largest absolute Gasteiger partial charge is 0.396 e. The summed E-state index contributed by atoms with van der Waals surface area (Å²) in [4.78, 5) is 14.0. The topological polar surface area (TPSA) is 73.4 Å². The fraction of sp³-hybridized carbons (Fsp3) is 0.667. The molecule has 2 rings (SSSR count). The summed E-state index contributed by atoms with van der Waals surface area (Å²) in [6, 6.07) is 0.101. The van der Waals surface area contributed by atoms with E-state index in [0.717, 1.165) is 6.42 Å². The third-order valence-corrected chi connectivity index (χ3v) is 3.47. The van der Waals surface area contributed by atoms with Crippen LogP contribution in [0.5, 0.6) is 0 Å². The van der Waals surface area contributed by atoms with Crippen LogP contribution in [0.15, 0.2) is 6.20 Å². The molecule has 1 aliphatic rings. The Bertz CT molecular complexity index is 443. The maximum atomic E-state index is 12.3. The first-order chi connectivity index (χ1) is 8.54. The number of likely N-dealkylation sites (N-methyl/N-ethyl adjacent to an activating group) is 1. The van der Waals surface area contributed by atoms with Gasteiger partial charge in [-0.1, -0.05) is 0 Å². The average molecular weight is 252 g/mol. The monoisotopic (exact) mass is 252 g/mol. The number of aryl methyl sites for hydroxylation is 1. The number of nitrogens with zero attached hydrogens (tertiary/aromatic N) is 3. The highest BCUT2D eigenvalue weighted by atomic mass is 16.5. The lowest BCUT2D eigenvalue weighted by Gasteiger charge is -2.26. The summed E-state index contributed by atoms with van der Waals surface area (Å²) in [5, 5.41) is 4.21. The molecule has 6 nitrogen and oxygen atoms in total. The van der Waals surface area contributed by atoms with Crippen LogP contribution in [0.2, 0.25) is 0 Å². The van der Waals surface area contributed by atoms with Crippen molar-refractivity contribution in [2.75, 3.05) is 19.4 Å². The second kappa shape index (κ2) is 4.97. The van der Waals surface area contributed by atoms with Crippen LogP contribution < -0.4 is 5.73 Å². The van der Waals surface area contributed by atoms with Gasteiger partial charge in [-0.05, 0) is 20.3 Å². The quantitative estimate of drug-likeness (QED) is 0.861. The zero-order chi connectivity index (χ0) is 13.3. The van der Waals surface area contributed by atoms with Crippen molar-refractivity contribution >= 4 is 11.6 Å². The Labute approximate surface area is 107 Å². The zero-order valence-corrected chi connectivity index (χ0v) is 11.1. The molecule has 2 atom stereocenters. The molecule has 18 heavy (non-hydrogen) atoms. The molecular formula is C12H20N4O2. The van der Waals surface area contributed by atoms with Gasteiger partial charge in [0, 0.05) is 26.4 Å². The van der Waals surface area contributed by atoms with Crippen molar-refractivity contribution in [1.82, 2.24) is 14.7 Å². The number of hydrogen-bond acceptors (Lipinski definition) is 4. The summed E-state index contributed by atoms with van der Waals surface area (Å²) < 4.78 is 7.15. The summed E-state index contributed by atoms with van der Waals surface area (Å²) >= 11 is 0. The highest BCUT2D eigenvalue weighted by Gasteiger charge is 2.32. The minimum atomic E-state index is -0.137. The van der Waals surface area contributed by atoms with Gasteiger partial charge in [-0.2, -0.15) is 5.10 Å². The van der Waals surface area contributed by atoms with Crippen LogP contribution in [0.3, 0.4) is 0 Å². The van der Waals surface area contributed by atoms with Crippen LogP contribution in [0, 0.1) is 0 Å². The molecule has 2 unspecified atom stereocenters. The number of aromatic nitrogens is 2. The smallest absolute Gasteiger partial charge is 0.276 e. The van der Waals surface area contributed by atoms with Gasteiger partial charge in [0.1, 0.15) is 0 Å². The Balaban J connectivity index is 2.17. The summed E-state index contributed by atoms with van der Waals surface area (Å²) in [6.07, 6.45) is 2.61. The van der Waals surface area contributed by atoms with Gasteiger partial charge >= 0.3 is 0 Å². The Morgan fingerprint density at radius 3 is 2.94 bits per heavy atom. The normalized spacial score (nSPS) is 23.3. The number of ether oxygens (including phenoxy) is 1. The third-order valence-electron chi connectivity index (χ3n) is 3.47. The molecule has 0 aromatic carbocycles. The fourth-order valence-corrected chi connectivity index (χ4v) is 2.31. The Morgan fingerprint density at radius 1 is 1.72 bits per heavy atom. The van der Waals surface area contributed by atoms with E-state index in [0.29, 0.717) is 24.5 Å². The van der Waals surface area contributed by atoms with Crippen LogP contribution in [0.4, 0.5) is 5.69 Å². The van der Waals surface area contributed by atoms with Crippen LogP contribution in [-0.2, 0) is 11.3 Å². The number of carbonyl (C=O) groups is 1. The molecule has 0 saturated carbocycles. The van der Waals surface area contributed by atoms with E-state index in [1.165, 1.54) is 0 Å². The van der Waals surface area contributed by atoms with Gasteiger partial charge in [-0.15, -0.1) is 0 Å². The van der Waals surface area contributed by atoms with Crippen LogP contribution >= 0.6 is 0 Å². The van der Waals surface area contributed by atoms with Crippen LogP contribution in [-0.4, -0.2) is 46.4 Å². The SMILES string of the molecule is CCn1cc(N)c(C(=O)N(C)C2CCOC2C)n1. The van der Waals surface area contributed by atoms with Crippen molar-refractivity contribution in [3.8, 4) is 0 Å². The number of amides is 1. The number of hydrogen-bond donors (Lipinski definition) is 1. The van der Waals surface area contributed by atoms with E-state index in [4.69, 9.17) is 10.5 Å². The van der Waals surface area contributed by atoms with Crippen LogP contribution in [0.1, 0.15) is 30.8 Å². The van der Waals surface area contributed by atoms with Gasteiger partial charge in [0.15, 0.2) is 5.69 Å². The molecule has 0 aliphatic carbocycles. The molecule has 0 spiro atoms. The Morgan fingerprint density at radius 2 is 2.44 bits per heavy atom. The predicted molar refractivity (Wildman–Crippen MR) is 68.2 cm³/mol. The van der Waals surface area contributed by atoms with Crippen molar-refractivity contribution in [3.05, 3.63) is 11.9 Å². The van der Waals surface area contributed by atoms with Gasteiger partial charge in [-0.3, -0.25) is 9.48 Å². The zero-order valence-electron chi connectivity index (χ0n) is 11.1. The molecule has 2 N–H and O–H groups in total. The third kappa shape index (κ3) is 2.20. The lowest BCUT2D eigenvalue weighted by atomic mass is 10.1. The summed E-state index contributed by atoms with van der Waals surface area (Å²) in [7, 11) is 1.78. The molecule has 0 radical (unpaired) electrons. The summed E-state index contributed by atoms with van der Waals surface area (Å²) in [5.41, 5.74) is 6.59. The van der Waals surface area contributed by atoms with Gasteiger partial charge < -0.3 is 15.4 Å². The maximum Gasteiger partial charge on any atom is 0.276 e. The minimum absolute atomic E-state index is 0.0634. The molecule has 1 aromatic heterocycles. The highest BCUT2D eigenvalue weighted by Crippen LogP contribution is 2.21. The van der Waals surface area contributed by atoms with Gasteiger partial charge in [0.05, 0.1) is 17.8 Å². The molecule has 1 aliphatic heterocycles. The molecule has 100 valence electrons. The first kappa shape index (κ1) is 12.9. The molecule has 1 aromatic rings. The molecule has 2 heterocycles. The molecule has 1 amide bonds. The standard InChI is InChI=1S/C12H20N4O2/c1-4-16-7-9(13)11(14-16)12(17)15(3)10-5-6-18-8(10)2/h7-8,10H,4-6,13H2,1-3H3. The van der Waals surface area contributed by atoms with Gasteiger partial charge in [-0.25, -0.2) is 0 Å². The molecule has 6 heteroatoms. The predicted octanol–water partition coefficient (Wildman–Crippen LogP) is 0.735. The fourth-order valence-electron chi connectivity index (χ4n) is 2.31. The van der Waals surface area contributed by atoms with Gasteiger partial charge in [0.2, 0.25) is 0 Å². The van der Waals surface area contributed by atoms with Crippen molar-refractivity contribution in [3.63, 3.8) is 0 Å². The molecular weight excluding hydrogens is 232 g/mol. The van der Waals surface area contributed by atoms with Crippen molar-refractivity contribution in [2.24, 2.45) is 0 Å². The van der Waals surface area contributed by atoms with E-state index >= 15 is 0 Å². The number of rotatable bonds is 3. The highest BCUT2D eigenvalue weighted by molar-refractivity contribution is 5.97. The van der Waals surface area contributed by atoms with E-state index in [1.807, 2.05) is 13.8 Å². The second-order valence-electron chi connectivity index (χ2n) is 4.64. The van der Waals surface area contributed by atoms with Crippen molar-refractivity contribution in [2.45, 2.75) is 39.0 Å². The minimum Gasteiger partial charge on any atom is -0.396 e. The Kier molecular flexibility index (Phi) is 3.56. The Hall–Kier alpha value is -1.56. The molecule has 0 bridgehead atoms. The maximum absolute atomic E-state index is 12.3. The van der Waals surface area contributed by atoms with Gasteiger partial charge in [0.25, 0.3) is 5.91 Å².